The van der Waals surface area contributed by atoms with Crippen molar-refractivity contribution in [3.05, 3.63) is 57.5 Å². The van der Waals surface area contributed by atoms with Crippen molar-refractivity contribution in [2.45, 2.75) is 40.8 Å². The topological polar surface area (TPSA) is 149 Å². The van der Waals surface area contributed by atoms with Crippen LogP contribution in [0.5, 0.6) is 0 Å². The second kappa shape index (κ2) is 11.2. The predicted octanol–water partition coefficient (Wildman–Crippen LogP) is 4.14. The number of benzene rings is 1. The minimum absolute atomic E-state index is 0.00521. The molecular weight excluding hydrogens is 593 g/mol. The number of hydrogen-bond acceptors (Lipinski definition) is 9. The smallest absolute Gasteiger partial charge is 0.382 e. The summed E-state index contributed by atoms with van der Waals surface area (Å²) in [4.78, 5) is 26.0. The summed E-state index contributed by atoms with van der Waals surface area (Å²) in [5.41, 5.74) is -3.37. The Labute approximate surface area is 219 Å². The second-order valence-corrected chi connectivity index (χ2v) is 8.54. The molecule has 0 saturated heterocycles. The molecule has 0 fully saturated rings. The van der Waals surface area contributed by atoms with E-state index in [1.165, 1.54) is 0 Å². The van der Waals surface area contributed by atoms with E-state index in [0.717, 1.165) is 22.9 Å². The number of nitro groups is 1. The molecule has 0 atom stereocenters. The van der Waals surface area contributed by atoms with Crippen LogP contribution in [0.1, 0.15) is 15.9 Å². The maximum absolute atomic E-state index is 14.5. The molecule has 21 heteroatoms. The van der Waals surface area contributed by atoms with Crippen LogP contribution in [0.15, 0.2) is 40.5 Å². The number of anilines is 1. The maximum Gasteiger partial charge on any atom is 0.382 e. The Morgan fingerprint density at radius 1 is 1.18 bits per heavy atom. The Hall–Kier alpha value is -4.01. The highest BCUT2D eigenvalue weighted by atomic mass is 32.2. The molecule has 1 amide bonds. The van der Waals surface area contributed by atoms with Gasteiger partial charge in [0.15, 0.2) is 11.6 Å². The number of carbonyl (C=O) groups is 1. The zero-order chi connectivity index (χ0) is 30.0. The highest BCUT2D eigenvalue weighted by Crippen LogP contribution is 2.53. The first-order valence-corrected chi connectivity index (χ1v) is 11.1. The van der Waals surface area contributed by atoms with Crippen molar-refractivity contribution in [2.24, 2.45) is 0 Å². The average molecular weight is 605 g/mol. The van der Waals surface area contributed by atoms with E-state index < -0.39 is 76.1 Å². The number of halogens is 9. The van der Waals surface area contributed by atoms with Gasteiger partial charge in [-0.25, -0.2) is 22.8 Å². The van der Waals surface area contributed by atoms with Crippen LogP contribution in [0.4, 0.5) is 51.0 Å². The lowest BCUT2D eigenvalue weighted by molar-refractivity contribution is -0.384. The molecule has 0 radical (unpaired) electrons. The fourth-order valence-corrected chi connectivity index (χ4v) is 3.81. The third-order valence-electron chi connectivity index (χ3n) is 4.95. The Balaban J connectivity index is 1.95. The lowest BCUT2D eigenvalue weighted by Gasteiger charge is -2.32. The normalized spacial score (nSPS) is 12.6. The molecule has 0 spiro atoms. The number of nitro benzene ring substituents is 1. The van der Waals surface area contributed by atoms with Gasteiger partial charge in [0, 0.05) is 28.8 Å². The van der Waals surface area contributed by atoms with Gasteiger partial charge in [0.1, 0.15) is 0 Å². The molecule has 2 heterocycles. The van der Waals surface area contributed by atoms with Crippen molar-refractivity contribution < 1.29 is 54.3 Å². The van der Waals surface area contributed by atoms with Crippen molar-refractivity contribution in [1.82, 2.24) is 25.2 Å². The number of aromatic nitrogens is 5. The molecule has 40 heavy (non-hydrogen) atoms. The standard InChI is InChI=1S/C19H12F9N7O4S/c20-11-5-8(17(23,24)19(27,28)18(25,26)15(21)22)7-29-13(11)30-14(37)10-6-9(35(38)39)1-2-12(10)40-16-31-32-33-34(16)3-4-36/h1-2,5-7,15,36H,3-4H2,(H,29,30,37). The monoisotopic (exact) mass is 605 g/mol. The largest absolute Gasteiger partial charge is 0.394 e. The number of pyridine rings is 1. The van der Waals surface area contributed by atoms with Crippen molar-refractivity contribution >= 4 is 29.2 Å². The van der Waals surface area contributed by atoms with Crippen LogP contribution in [0.3, 0.4) is 0 Å². The van der Waals surface area contributed by atoms with Crippen molar-refractivity contribution in [3.63, 3.8) is 0 Å². The first-order valence-electron chi connectivity index (χ1n) is 10.3. The van der Waals surface area contributed by atoms with Gasteiger partial charge in [-0.05, 0) is 34.3 Å². The minimum atomic E-state index is -6.67. The van der Waals surface area contributed by atoms with E-state index in [0.29, 0.717) is 11.8 Å². The van der Waals surface area contributed by atoms with Crippen LogP contribution in [0.2, 0.25) is 0 Å². The van der Waals surface area contributed by atoms with Crippen LogP contribution in [0.25, 0.3) is 0 Å². The van der Waals surface area contributed by atoms with E-state index in [2.05, 4.69) is 20.5 Å². The second-order valence-electron chi connectivity index (χ2n) is 7.53. The Kier molecular flexibility index (Phi) is 8.57. The maximum atomic E-state index is 14.5. The average Bonchev–Trinajstić information content (AvgIpc) is 3.31. The highest BCUT2D eigenvalue weighted by Gasteiger charge is 2.76. The first kappa shape index (κ1) is 30.5. The summed E-state index contributed by atoms with van der Waals surface area (Å²) in [6, 6.07) is 2.36. The Morgan fingerprint density at radius 2 is 1.85 bits per heavy atom. The molecule has 1 aromatic carbocycles. The molecule has 11 nitrogen and oxygen atoms in total. The minimum Gasteiger partial charge on any atom is -0.394 e. The predicted molar refractivity (Wildman–Crippen MR) is 114 cm³/mol. The number of alkyl halides is 8. The van der Waals surface area contributed by atoms with E-state index in [1.54, 1.807) is 5.32 Å². The Bertz CT molecular complexity index is 1420. The van der Waals surface area contributed by atoms with E-state index >= 15 is 0 Å². The van der Waals surface area contributed by atoms with Crippen molar-refractivity contribution in [3.8, 4) is 0 Å². The summed E-state index contributed by atoms with van der Waals surface area (Å²) >= 11 is 0.667. The van der Waals surface area contributed by atoms with Crippen LogP contribution in [0, 0.1) is 15.9 Å². The molecule has 0 aliphatic heterocycles. The Morgan fingerprint density at radius 3 is 2.42 bits per heavy atom. The number of tetrazole rings is 1. The third-order valence-corrected chi connectivity index (χ3v) is 6.00. The number of aliphatic hydroxyl groups excluding tert-OH is 1. The summed E-state index contributed by atoms with van der Waals surface area (Å²) in [6.07, 6.45) is -5.44. The van der Waals surface area contributed by atoms with Crippen LogP contribution < -0.4 is 5.32 Å². The first-order chi connectivity index (χ1) is 18.5. The molecule has 0 aliphatic rings. The zero-order valence-electron chi connectivity index (χ0n) is 19.0. The van der Waals surface area contributed by atoms with E-state index in [-0.39, 0.29) is 22.8 Å². The molecule has 0 unspecified atom stereocenters. The molecule has 216 valence electrons. The van der Waals surface area contributed by atoms with Gasteiger partial charge in [0.05, 0.1) is 23.6 Å². The van der Waals surface area contributed by atoms with Crippen LogP contribution >= 0.6 is 11.8 Å². The number of aliphatic hydroxyl groups is 1. The number of amides is 1. The summed E-state index contributed by atoms with van der Waals surface area (Å²) < 4.78 is 122. The van der Waals surface area contributed by atoms with Gasteiger partial charge in [-0.1, -0.05) is 0 Å². The number of carbonyl (C=O) groups excluding carboxylic acids is 1. The van der Waals surface area contributed by atoms with E-state index in [1.807, 2.05) is 0 Å². The van der Waals surface area contributed by atoms with Gasteiger partial charge in [-0.3, -0.25) is 14.9 Å². The molecular formula is C19H12F9N7O4S. The molecule has 2 N–H and O–H groups in total. The summed E-state index contributed by atoms with van der Waals surface area (Å²) in [5.74, 6) is -23.7. The molecule has 2 aromatic heterocycles. The molecule has 3 aromatic rings. The SMILES string of the molecule is O=C(Nc1ncc(C(F)(F)C(F)(F)C(F)(F)C(F)F)cc1F)c1cc([N+](=O)[O-])ccc1Sc1nnnn1CCO. The van der Waals surface area contributed by atoms with E-state index in [9.17, 15) is 54.4 Å². The van der Waals surface area contributed by atoms with Crippen molar-refractivity contribution in [1.29, 1.82) is 0 Å². The highest BCUT2D eigenvalue weighted by molar-refractivity contribution is 7.99. The zero-order valence-corrected chi connectivity index (χ0v) is 19.9. The fourth-order valence-electron chi connectivity index (χ4n) is 2.91. The number of hydrogen-bond donors (Lipinski definition) is 2. The number of nitrogens with one attached hydrogen (secondary N) is 1. The third kappa shape index (κ3) is 5.64. The molecule has 0 aliphatic carbocycles. The van der Waals surface area contributed by atoms with Gasteiger partial charge >= 0.3 is 24.2 Å². The van der Waals surface area contributed by atoms with Crippen LogP contribution in [-0.4, -0.2) is 66.0 Å². The molecule has 0 saturated carbocycles. The van der Waals surface area contributed by atoms with Crippen LogP contribution in [-0.2, 0) is 12.5 Å². The molecule has 0 bridgehead atoms. The van der Waals surface area contributed by atoms with Crippen molar-refractivity contribution in [2.75, 3.05) is 11.9 Å². The van der Waals surface area contributed by atoms with Gasteiger partial charge in [0.25, 0.3) is 11.6 Å². The fraction of sp³-hybridized carbons (Fsp3) is 0.316. The number of rotatable bonds is 11. The van der Waals surface area contributed by atoms with Gasteiger partial charge in [0.2, 0.25) is 5.16 Å². The number of nitrogens with zero attached hydrogens (tertiary/aromatic N) is 6. The lowest BCUT2D eigenvalue weighted by atomic mass is 9.98. The quantitative estimate of drug-likeness (QED) is 0.187. The number of non-ortho nitro benzene ring substituents is 1. The summed E-state index contributed by atoms with van der Waals surface area (Å²) in [7, 11) is 0. The summed E-state index contributed by atoms with van der Waals surface area (Å²) in [5, 5.41) is 32.6. The molecule has 3 rings (SSSR count). The summed E-state index contributed by atoms with van der Waals surface area (Å²) in [6.45, 7) is -0.476. The lowest BCUT2D eigenvalue weighted by Crippen LogP contribution is -2.56. The van der Waals surface area contributed by atoms with Gasteiger partial charge in [-0.15, -0.1) is 5.10 Å². The van der Waals surface area contributed by atoms with E-state index in [4.69, 9.17) is 5.11 Å². The van der Waals surface area contributed by atoms with Gasteiger partial charge < -0.3 is 10.4 Å². The van der Waals surface area contributed by atoms with Gasteiger partial charge in [-0.2, -0.15) is 26.3 Å².